The lowest BCUT2D eigenvalue weighted by atomic mass is 10.4. The van der Waals surface area contributed by atoms with Gasteiger partial charge < -0.3 is 15.0 Å². The fourth-order valence-corrected chi connectivity index (χ4v) is 2.28. The average molecular weight is 251 g/mol. The van der Waals surface area contributed by atoms with E-state index in [-0.39, 0.29) is 11.3 Å². The van der Waals surface area contributed by atoms with Crippen molar-refractivity contribution in [2.24, 2.45) is 0 Å². The van der Waals surface area contributed by atoms with Crippen molar-refractivity contribution in [1.29, 1.82) is 0 Å². The molecule has 0 atom stereocenters. The molecule has 0 fully saturated rings. The third-order valence-corrected chi connectivity index (χ3v) is 3.24. The molecule has 0 spiro atoms. The monoisotopic (exact) mass is 251 g/mol. The van der Waals surface area contributed by atoms with Crippen molar-refractivity contribution in [3.63, 3.8) is 0 Å². The van der Waals surface area contributed by atoms with Crippen molar-refractivity contribution >= 4 is 17.2 Å². The van der Waals surface area contributed by atoms with Gasteiger partial charge in [0.05, 0.1) is 20.0 Å². The molecule has 0 saturated carbocycles. The summed E-state index contributed by atoms with van der Waals surface area (Å²) in [5.41, 5.74) is -0.285. The molecule has 90 valence electrons. The van der Waals surface area contributed by atoms with E-state index in [1.807, 2.05) is 6.07 Å². The predicted molar refractivity (Wildman–Crippen MR) is 67.8 cm³/mol. The Hall–Kier alpha value is -1.82. The molecule has 0 saturated heterocycles. The van der Waals surface area contributed by atoms with E-state index in [2.05, 4.69) is 28.3 Å². The van der Waals surface area contributed by atoms with Gasteiger partial charge in [-0.3, -0.25) is 4.79 Å². The van der Waals surface area contributed by atoms with Gasteiger partial charge in [-0.1, -0.05) is 0 Å². The summed E-state index contributed by atoms with van der Waals surface area (Å²) in [7, 11) is 1.45. The maximum Gasteiger partial charge on any atom is 0.295 e. The van der Waals surface area contributed by atoms with Gasteiger partial charge in [-0.2, -0.15) is 0 Å². The second-order valence-electron chi connectivity index (χ2n) is 3.48. The zero-order valence-electron chi connectivity index (χ0n) is 9.61. The minimum Gasteiger partial charge on any atom is -0.489 e. The average Bonchev–Trinajstić information content (AvgIpc) is 2.72. The Bertz CT molecular complexity index is 562. The molecule has 5 nitrogen and oxygen atoms in total. The maximum atomic E-state index is 11.4. The summed E-state index contributed by atoms with van der Waals surface area (Å²) in [4.78, 5) is 20.4. The van der Waals surface area contributed by atoms with E-state index in [0.717, 1.165) is 0 Å². The highest BCUT2D eigenvalue weighted by molar-refractivity contribution is 7.11. The molecule has 0 bridgehead atoms. The highest BCUT2D eigenvalue weighted by atomic mass is 32.1. The second-order valence-corrected chi connectivity index (χ2v) is 4.85. The second kappa shape index (κ2) is 5.01. The van der Waals surface area contributed by atoms with Crippen LogP contribution in [-0.4, -0.2) is 17.1 Å². The summed E-state index contributed by atoms with van der Waals surface area (Å²) in [6.45, 7) is 2.69. The number of aromatic amines is 1. The molecular weight excluding hydrogens is 238 g/mol. The van der Waals surface area contributed by atoms with Gasteiger partial charge in [0, 0.05) is 9.75 Å². The van der Waals surface area contributed by atoms with Gasteiger partial charge >= 0.3 is 0 Å². The van der Waals surface area contributed by atoms with Gasteiger partial charge in [-0.15, -0.1) is 11.3 Å². The first-order valence-electron chi connectivity index (χ1n) is 5.11. The van der Waals surface area contributed by atoms with E-state index in [1.165, 1.54) is 23.2 Å². The highest BCUT2D eigenvalue weighted by Gasteiger charge is 2.08. The molecule has 0 aromatic carbocycles. The number of hydrogen-bond donors (Lipinski definition) is 2. The quantitative estimate of drug-likeness (QED) is 0.869. The summed E-state index contributed by atoms with van der Waals surface area (Å²) < 4.78 is 5.00. The lowest BCUT2D eigenvalue weighted by molar-refractivity contribution is 0.408. The van der Waals surface area contributed by atoms with Crippen molar-refractivity contribution in [2.75, 3.05) is 12.4 Å². The van der Waals surface area contributed by atoms with Gasteiger partial charge in [0.1, 0.15) is 0 Å². The van der Waals surface area contributed by atoms with Crippen molar-refractivity contribution in [3.05, 3.63) is 38.6 Å². The third-order valence-electron chi connectivity index (χ3n) is 2.24. The zero-order valence-corrected chi connectivity index (χ0v) is 10.4. The number of aromatic nitrogens is 2. The number of anilines is 1. The molecule has 0 amide bonds. The number of thiophene rings is 1. The van der Waals surface area contributed by atoms with Crippen molar-refractivity contribution < 1.29 is 4.74 Å². The Kier molecular flexibility index (Phi) is 3.43. The minimum absolute atomic E-state index is 0.209. The Labute approximate surface area is 102 Å². The van der Waals surface area contributed by atoms with Gasteiger partial charge in [0.25, 0.3) is 5.56 Å². The normalized spacial score (nSPS) is 10.2. The number of aryl methyl sites for hydroxylation is 1. The number of nitrogens with one attached hydrogen (secondary N) is 2. The van der Waals surface area contributed by atoms with Crippen LogP contribution >= 0.6 is 11.3 Å². The fourth-order valence-electron chi connectivity index (χ4n) is 1.45. The van der Waals surface area contributed by atoms with Gasteiger partial charge in [-0.25, -0.2) is 4.98 Å². The molecule has 2 rings (SSSR count). The zero-order chi connectivity index (χ0) is 12.3. The molecule has 0 unspecified atom stereocenters. The topological polar surface area (TPSA) is 67.0 Å². The van der Waals surface area contributed by atoms with Crippen LogP contribution in [0.5, 0.6) is 5.75 Å². The summed E-state index contributed by atoms with van der Waals surface area (Å²) >= 11 is 1.71. The summed E-state index contributed by atoms with van der Waals surface area (Å²) in [5, 5.41) is 3.09. The number of methoxy groups -OCH3 is 1. The number of H-pyrrole nitrogens is 1. The van der Waals surface area contributed by atoms with Gasteiger partial charge in [0.2, 0.25) is 5.75 Å². The van der Waals surface area contributed by atoms with Crippen LogP contribution in [0.3, 0.4) is 0 Å². The molecule has 2 aromatic rings. The van der Waals surface area contributed by atoms with Crippen LogP contribution in [0.4, 0.5) is 5.82 Å². The number of nitrogens with zero attached hydrogens (tertiary/aromatic N) is 1. The standard InChI is InChI=1S/C11H13N3O2S/c1-7-3-4-8(17-7)5-12-10-9(16-2)11(15)14-6-13-10/h3-4,6H,5H2,1-2H3,(H2,12,13,14,15). The Morgan fingerprint density at radius 2 is 2.35 bits per heavy atom. The summed E-state index contributed by atoms with van der Waals surface area (Å²) in [5.74, 6) is 0.670. The molecule has 0 aliphatic heterocycles. The first kappa shape index (κ1) is 11.7. The molecule has 0 radical (unpaired) electrons. The number of rotatable bonds is 4. The van der Waals surface area contributed by atoms with Crippen molar-refractivity contribution in [3.8, 4) is 5.75 Å². The molecule has 0 aliphatic rings. The van der Waals surface area contributed by atoms with E-state index >= 15 is 0 Å². The highest BCUT2D eigenvalue weighted by Crippen LogP contribution is 2.19. The predicted octanol–water partition coefficient (Wildman–Crippen LogP) is 1.76. The van der Waals surface area contributed by atoms with Crippen LogP contribution < -0.4 is 15.6 Å². The van der Waals surface area contributed by atoms with E-state index in [9.17, 15) is 4.79 Å². The fraction of sp³-hybridized carbons (Fsp3) is 0.273. The van der Waals surface area contributed by atoms with E-state index in [0.29, 0.717) is 12.4 Å². The lowest BCUT2D eigenvalue weighted by Crippen LogP contribution is -2.13. The molecule has 2 heterocycles. The summed E-state index contributed by atoms with van der Waals surface area (Å²) in [6.07, 6.45) is 1.35. The van der Waals surface area contributed by atoms with Crippen molar-refractivity contribution in [2.45, 2.75) is 13.5 Å². The van der Waals surface area contributed by atoms with Crippen LogP contribution in [0.2, 0.25) is 0 Å². The largest absolute Gasteiger partial charge is 0.489 e. The SMILES string of the molecule is COc1c(NCc2ccc(C)s2)nc[nH]c1=O. The van der Waals surface area contributed by atoms with Gasteiger partial charge in [0.15, 0.2) is 5.82 Å². The Balaban J connectivity index is 2.14. The number of hydrogen-bond acceptors (Lipinski definition) is 5. The molecular formula is C11H13N3O2S. The molecule has 0 aliphatic carbocycles. The first-order chi connectivity index (χ1) is 8.20. The van der Waals surface area contributed by atoms with E-state index in [4.69, 9.17) is 4.74 Å². The summed E-state index contributed by atoms with van der Waals surface area (Å²) in [6, 6.07) is 4.11. The molecule has 2 aromatic heterocycles. The molecule has 2 N–H and O–H groups in total. The van der Waals surface area contributed by atoms with Gasteiger partial charge in [-0.05, 0) is 19.1 Å². The minimum atomic E-state index is -0.285. The number of ether oxygens (including phenoxy) is 1. The van der Waals surface area contributed by atoms with E-state index in [1.54, 1.807) is 11.3 Å². The van der Waals surface area contributed by atoms with Crippen LogP contribution in [0, 0.1) is 6.92 Å². The molecule has 6 heteroatoms. The van der Waals surface area contributed by atoms with Crippen LogP contribution in [0.15, 0.2) is 23.3 Å². The van der Waals surface area contributed by atoms with Crippen molar-refractivity contribution in [1.82, 2.24) is 9.97 Å². The maximum absolute atomic E-state index is 11.4. The first-order valence-corrected chi connectivity index (χ1v) is 5.93. The van der Waals surface area contributed by atoms with Crippen LogP contribution in [-0.2, 0) is 6.54 Å². The third kappa shape index (κ3) is 2.65. The Morgan fingerprint density at radius 3 is 3.00 bits per heavy atom. The lowest BCUT2D eigenvalue weighted by Gasteiger charge is -2.07. The van der Waals surface area contributed by atoms with E-state index < -0.39 is 0 Å². The molecule has 17 heavy (non-hydrogen) atoms. The smallest absolute Gasteiger partial charge is 0.295 e. The Morgan fingerprint density at radius 1 is 1.53 bits per heavy atom. The van der Waals surface area contributed by atoms with Crippen LogP contribution in [0.25, 0.3) is 0 Å². The van der Waals surface area contributed by atoms with Crippen LogP contribution in [0.1, 0.15) is 9.75 Å².